The maximum atomic E-state index is 5.50. The molecule has 1 aromatic heterocycles. The number of aryl methyl sites for hydroxylation is 1. The molecule has 2 heterocycles. The zero-order chi connectivity index (χ0) is 20.1. The zero-order valence-electron chi connectivity index (χ0n) is 17.0. The van der Waals surface area contributed by atoms with Gasteiger partial charge in [0.2, 0.25) is 5.95 Å². The minimum atomic E-state index is 0.709. The summed E-state index contributed by atoms with van der Waals surface area (Å²) in [5.41, 5.74) is 4.38. The highest BCUT2D eigenvalue weighted by molar-refractivity contribution is 5.74. The fourth-order valence-electron chi connectivity index (χ4n) is 3.51. The summed E-state index contributed by atoms with van der Waals surface area (Å²) < 4.78 is 5.50. The Morgan fingerprint density at radius 3 is 2.52 bits per heavy atom. The minimum Gasteiger partial charge on any atom is -0.378 e. The highest BCUT2D eigenvalue weighted by atomic mass is 16.5. The molecule has 0 aliphatic carbocycles. The van der Waals surface area contributed by atoms with Crippen LogP contribution in [0.3, 0.4) is 0 Å². The van der Waals surface area contributed by atoms with Crippen molar-refractivity contribution in [3.8, 4) is 0 Å². The first-order valence-corrected chi connectivity index (χ1v) is 9.98. The van der Waals surface area contributed by atoms with Crippen LogP contribution in [0, 0.1) is 6.92 Å². The van der Waals surface area contributed by atoms with Crippen LogP contribution in [-0.4, -0.2) is 43.3 Å². The van der Waals surface area contributed by atoms with E-state index in [4.69, 9.17) is 9.72 Å². The van der Waals surface area contributed by atoms with E-state index in [-0.39, 0.29) is 0 Å². The molecule has 150 valence electrons. The number of nitrogens with one attached hydrogen (secondary N) is 1. The lowest BCUT2D eigenvalue weighted by Gasteiger charge is -2.30. The first kappa shape index (κ1) is 19.2. The van der Waals surface area contributed by atoms with E-state index in [0.717, 1.165) is 50.0 Å². The van der Waals surface area contributed by atoms with Crippen molar-refractivity contribution < 1.29 is 4.74 Å². The predicted molar refractivity (Wildman–Crippen MR) is 118 cm³/mol. The molecule has 0 saturated carbocycles. The Kier molecular flexibility index (Phi) is 5.91. The number of morpholine rings is 1. The molecular formula is C23H27N5O. The molecule has 1 aliphatic rings. The number of hydrogen-bond donors (Lipinski definition) is 1. The standard InChI is InChI=1S/C23H27N5O/c1-18-16-22(26-23(24-18)27(2)17-19-8-4-3-5-9-19)25-20-10-6-7-11-21(20)28-12-14-29-15-13-28/h3-11,16H,12-15,17H2,1-2H3,(H,24,25,26). The highest BCUT2D eigenvalue weighted by Gasteiger charge is 2.15. The maximum absolute atomic E-state index is 5.50. The zero-order valence-corrected chi connectivity index (χ0v) is 17.0. The number of hydrogen-bond acceptors (Lipinski definition) is 6. The second-order valence-corrected chi connectivity index (χ2v) is 7.28. The lowest BCUT2D eigenvalue weighted by Crippen LogP contribution is -2.36. The molecule has 0 unspecified atom stereocenters. The van der Waals surface area contributed by atoms with Crippen LogP contribution in [0.1, 0.15) is 11.3 Å². The van der Waals surface area contributed by atoms with Crippen LogP contribution in [-0.2, 0) is 11.3 Å². The average Bonchev–Trinajstić information content (AvgIpc) is 2.75. The van der Waals surface area contributed by atoms with Gasteiger partial charge >= 0.3 is 0 Å². The molecule has 1 aliphatic heterocycles. The summed E-state index contributed by atoms with van der Waals surface area (Å²) in [6.07, 6.45) is 0. The van der Waals surface area contributed by atoms with E-state index in [0.29, 0.717) is 5.95 Å². The van der Waals surface area contributed by atoms with Gasteiger partial charge in [-0.1, -0.05) is 42.5 Å². The molecule has 0 bridgehead atoms. The maximum Gasteiger partial charge on any atom is 0.227 e. The fraction of sp³-hybridized carbons (Fsp3) is 0.304. The first-order chi connectivity index (χ1) is 14.2. The van der Waals surface area contributed by atoms with E-state index in [1.165, 1.54) is 11.3 Å². The van der Waals surface area contributed by atoms with E-state index < -0.39 is 0 Å². The number of rotatable bonds is 6. The van der Waals surface area contributed by atoms with Crippen molar-refractivity contribution in [2.45, 2.75) is 13.5 Å². The normalized spacial score (nSPS) is 13.9. The molecule has 2 aromatic carbocycles. The number of benzene rings is 2. The second-order valence-electron chi connectivity index (χ2n) is 7.28. The van der Waals surface area contributed by atoms with Crippen molar-refractivity contribution >= 4 is 23.1 Å². The summed E-state index contributed by atoms with van der Waals surface area (Å²) in [7, 11) is 2.02. The fourth-order valence-corrected chi connectivity index (χ4v) is 3.51. The van der Waals surface area contributed by atoms with Gasteiger partial charge < -0.3 is 19.9 Å². The van der Waals surface area contributed by atoms with Crippen LogP contribution < -0.4 is 15.1 Å². The summed E-state index contributed by atoms with van der Waals surface area (Å²) in [4.78, 5) is 13.8. The van der Waals surface area contributed by atoms with E-state index in [2.05, 4.69) is 62.6 Å². The number of para-hydroxylation sites is 2. The van der Waals surface area contributed by atoms with Crippen molar-refractivity contribution in [3.63, 3.8) is 0 Å². The van der Waals surface area contributed by atoms with E-state index in [9.17, 15) is 0 Å². The minimum absolute atomic E-state index is 0.709. The third-order valence-corrected chi connectivity index (χ3v) is 4.96. The Hall–Kier alpha value is -3.12. The Bertz CT molecular complexity index is 941. The topological polar surface area (TPSA) is 53.5 Å². The Morgan fingerprint density at radius 2 is 1.72 bits per heavy atom. The van der Waals surface area contributed by atoms with Crippen molar-refractivity contribution in [2.24, 2.45) is 0 Å². The average molecular weight is 390 g/mol. The van der Waals surface area contributed by atoms with Gasteiger partial charge in [0.15, 0.2) is 0 Å². The van der Waals surface area contributed by atoms with Gasteiger partial charge in [0.05, 0.1) is 24.6 Å². The molecule has 6 heteroatoms. The van der Waals surface area contributed by atoms with Crippen LogP contribution in [0.4, 0.5) is 23.1 Å². The third-order valence-electron chi connectivity index (χ3n) is 4.96. The molecule has 3 aromatic rings. The van der Waals surface area contributed by atoms with Gasteiger partial charge in [-0.3, -0.25) is 0 Å². The summed E-state index contributed by atoms with van der Waals surface area (Å²) in [5.74, 6) is 1.51. The molecule has 0 radical (unpaired) electrons. The molecular weight excluding hydrogens is 362 g/mol. The second kappa shape index (κ2) is 8.92. The van der Waals surface area contributed by atoms with Gasteiger partial charge in [-0.25, -0.2) is 4.98 Å². The molecule has 6 nitrogen and oxygen atoms in total. The molecule has 0 amide bonds. The molecule has 0 atom stereocenters. The van der Waals surface area contributed by atoms with E-state index >= 15 is 0 Å². The Balaban J connectivity index is 1.55. The quantitative estimate of drug-likeness (QED) is 0.688. The van der Waals surface area contributed by atoms with E-state index in [1.54, 1.807) is 0 Å². The number of ether oxygens (including phenoxy) is 1. The van der Waals surface area contributed by atoms with Crippen LogP contribution in [0.25, 0.3) is 0 Å². The van der Waals surface area contributed by atoms with E-state index in [1.807, 2.05) is 32.2 Å². The lowest BCUT2D eigenvalue weighted by atomic mass is 10.2. The van der Waals surface area contributed by atoms with Gasteiger partial charge in [0, 0.05) is 38.4 Å². The van der Waals surface area contributed by atoms with Crippen LogP contribution in [0.15, 0.2) is 60.7 Å². The summed E-state index contributed by atoms with van der Waals surface area (Å²) in [6, 6.07) is 20.7. The smallest absolute Gasteiger partial charge is 0.227 e. The molecule has 1 fully saturated rings. The van der Waals surface area contributed by atoms with Crippen LogP contribution in [0.5, 0.6) is 0 Å². The van der Waals surface area contributed by atoms with Crippen molar-refractivity contribution in [3.05, 3.63) is 71.9 Å². The van der Waals surface area contributed by atoms with Crippen molar-refractivity contribution in [2.75, 3.05) is 48.5 Å². The molecule has 0 spiro atoms. The van der Waals surface area contributed by atoms with Gasteiger partial charge in [-0.05, 0) is 24.6 Å². The SMILES string of the molecule is Cc1cc(Nc2ccccc2N2CCOCC2)nc(N(C)Cc2ccccc2)n1. The van der Waals surface area contributed by atoms with Gasteiger partial charge in [0.25, 0.3) is 0 Å². The van der Waals surface area contributed by atoms with Crippen molar-refractivity contribution in [1.29, 1.82) is 0 Å². The van der Waals surface area contributed by atoms with Gasteiger partial charge in [-0.2, -0.15) is 4.98 Å². The largest absolute Gasteiger partial charge is 0.378 e. The van der Waals surface area contributed by atoms with Crippen molar-refractivity contribution in [1.82, 2.24) is 9.97 Å². The van der Waals surface area contributed by atoms with Gasteiger partial charge in [0.1, 0.15) is 5.82 Å². The third kappa shape index (κ3) is 4.84. The van der Waals surface area contributed by atoms with Crippen LogP contribution >= 0.6 is 0 Å². The summed E-state index contributed by atoms with van der Waals surface area (Å²) >= 11 is 0. The Morgan fingerprint density at radius 1 is 1.00 bits per heavy atom. The molecule has 4 rings (SSSR count). The monoisotopic (exact) mass is 389 g/mol. The number of anilines is 4. The number of aromatic nitrogens is 2. The lowest BCUT2D eigenvalue weighted by molar-refractivity contribution is 0.123. The number of nitrogens with zero attached hydrogens (tertiary/aromatic N) is 4. The molecule has 29 heavy (non-hydrogen) atoms. The highest BCUT2D eigenvalue weighted by Crippen LogP contribution is 2.29. The molecule has 1 N–H and O–H groups in total. The molecule has 1 saturated heterocycles. The van der Waals surface area contributed by atoms with Gasteiger partial charge in [-0.15, -0.1) is 0 Å². The summed E-state index contributed by atoms with van der Waals surface area (Å²) in [6.45, 7) is 6.07. The predicted octanol–water partition coefficient (Wildman–Crippen LogP) is 4.00. The summed E-state index contributed by atoms with van der Waals surface area (Å²) in [5, 5.41) is 3.51. The van der Waals surface area contributed by atoms with Crippen LogP contribution in [0.2, 0.25) is 0 Å². The Labute approximate surface area is 172 Å². The first-order valence-electron chi connectivity index (χ1n) is 9.98.